The number of nitrogens with one attached hydrogen (secondary N) is 1. The number of carbonyl (C=O) groups is 1. The van der Waals surface area contributed by atoms with Gasteiger partial charge >= 0.3 is 0 Å². The van der Waals surface area contributed by atoms with Crippen molar-refractivity contribution in [3.8, 4) is 0 Å². The maximum Gasteiger partial charge on any atom is 0.234 e. The molecule has 0 bridgehead atoms. The lowest BCUT2D eigenvalue weighted by atomic mass is 10.1. The number of hydrogen-bond donors (Lipinski definition) is 1. The fourth-order valence-electron chi connectivity index (χ4n) is 2.51. The number of thioether (sulfide) groups is 1. The first kappa shape index (κ1) is 15.6. The zero-order chi connectivity index (χ0) is 16.1. The normalized spacial score (nSPS) is 10.7. The van der Waals surface area contributed by atoms with Crippen LogP contribution in [0, 0.1) is 6.92 Å². The lowest BCUT2D eigenvalue weighted by Gasteiger charge is -2.07. The van der Waals surface area contributed by atoms with Crippen molar-refractivity contribution in [1.29, 1.82) is 0 Å². The molecule has 0 saturated carbocycles. The number of rotatable bonds is 5. The van der Waals surface area contributed by atoms with Crippen LogP contribution in [0.1, 0.15) is 11.1 Å². The lowest BCUT2D eigenvalue weighted by molar-refractivity contribution is -0.113. The maximum atomic E-state index is 12.0. The summed E-state index contributed by atoms with van der Waals surface area (Å²) in [6.45, 7) is 2.03. The van der Waals surface area contributed by atoms with Gasteiger partial charge in [0.2, 0.25) is 5.91 Å². The van der Waals surface area contributed by atoms with E-state index in [1.54, 1.807) is 11.8 Å². The first-order valence-electron chi connectivity index (χ1n) is 7.63. The molecule has 0 spiro atoms. The van der Waals surface area contributed by atoms with E-state index in [2.05, 4.69) is 41.7 Å². The van der Waals surface area contributed by atoms with Crippen molar-refractivity contribution < 1.29 is 4.79 Å². The molecule has 0 aliphatic heterocycles. The minimum absolute atomic E-state index is 0.0408. The van der Waals surface area contributed by atoms with Gasteiger partial charge in [0, 0.05) is 11.4 Å². The van der Waals surface area contributed by atoms with Gasteiger partial charge in [0.05, 0.1) is 5.75 Å². The minimum Gasteiger partial charge on any atom is -0.325 e. The SMILES string of the molecule is Cc1ccc(NC(=O)CSCc2cccc3ccccc23)cc1. The van der Waals surface area contributed by atoms with Crippen molar-refractivity contribution in [1.82, 2.24) is 0 Å². The molecule has 3 heteroatoms. The summed E-state index contributed by atoms with van der Waals surface area (Å²) in [6, 6.07) is 22.6. The zero-order valence-electron chi connectivity index (χ0n) is 13.1. The summed E-state index contributed by atoms with van der Waals surface area (Å²) in [5.41, 5.74) is 3.32. The van der Waals surface area contributed by atoms with Gasteiger partial charge in [-0.15, -0.1) is 11.8 Å². The topological polar surface area (TPSA) is 29.1 Å². The predicted molar refractivity (Wildman–Crippen MR) is 99.9 cm³/mol. The second-order valence-corrected chi connectivity index (χ2v) is 6.53. The molecule has 2 nitrogen and oxygen atoms in total. The molecular formula is C20H19NOS. The van der Waals surface area contributed by atoms with Crippen LogP contribution in [0.3, 0.4) is 0 Å². The predicted octanol–water partition coefficient (Wildman–Crippen LogP) is 5.02. The highest BCUT2D eigenvalue weighted by Gasteiger charge is 2.05. The summed E-state index contributed by atoms with van der Waals surface area (Å²) < 4.78 is 0. The molecule has 0 heterocycles. The molecule has 3 aromatic rings. The molecule has 0 unspecified atom stereocenters. The molecule has 0 aromatic heterocycles. The quantitative estimate of drug-likeness (QED) is 0.715. The second-order valence-electron chi connectivity index (χ2n) is 5.55. The third kappa shape index (κ3) is 4.14. The van der Waals surface area contributed by atoms with E-state index in [1.165, 1.54) is 21.9 Å². The van der Waals surface area contributed by atoms with E-state index in [0.717, 1.165) is 11.4 Å². The Balaban J connectivity index is 1.56. The van der Waals surface area contributed by atoms with Crippen molar-refractivity contribution >= 4 is 34.1 Å². The standard InChI is InChI=1S/C20H19NOS/c1-15-9-11-18(12-10-15)21-20(22)14-23-13-17-7-4-6-16-5-2-3-8-19(16)17/h2-12H,13-14H2,1H3,(H,21,22). The van der Waals surface area contributed by atoms with Crippen molar-refractivity contribution in [2.75, 3.05) is 11.1 Å². The molecule has 3 aromatic carbocycles. The molecule has 3 rings (SSSR count). The monoisotopic (exact) mass is 321 g/mol. The summed E-state index contributed by atoms with van der Waals surface area (Å²) >= 11 is 1.64. The first-order chi connectivity index (χ1) is 11.2. The maximum absolute atomic E-state index is 12.0. The van der Waals surface area contributed by atoms with Crippen molar-refractivity contribution in [2.45, 2.75) is 12.7 Å². The van der Waals surface area contributed by atoms with Crippen LogP contribution in [0.5, 0.6) is 0 Å². The first-order valence-corrected chi connectivity index (χ1v) is 8.79. The average molecular weight is 321 g/mol. The van der Waals surface area contributed by atoms with Crippen LogP contribution in [-0.2, 0) is 10.5 Å². The highest BCUT2D eigenvalue weighted by atomic mass is 32.2. The molecule has 0 fully saturated rings. The Bertz CT molecular complexity index is 806. The molecule has 0 saturated heterocycles. The molecule has 116 valence electrons. The number of carbonyl (C=O) groups excluding carboxylic acids is 1. The molecule has 23 heavy (non-hydrogen) atoms. The Morgan fingerprint density at radius 2 is 1.70 bits per heavy atom. The van der Waals surface area contributed by atoms with Crippen LogP contribution in [0.15, 0.2) is 66.7 Å². The Hall–Kier alpha value is -2.26. The summed E-state index contributed by atoms with van der Waals surface area (Å²) in [4.78, 5) is 12.0. The molecule has 0 radical (unpaired) electrons. The lowest BCUT2D eigenvalue weighted by Crippen LogP contribution is -2.14. The Morgan fingerprint density at radius 3 is 2.52 bits per heavy atom. The fraction of sp³-hybridized carbons (Fsp3) is 0.150. The van der Waals surface area contributed by atoms with Crippen molar-refractivity contribution in [2.24, 2.45) is 0 Å². The van der Waals surface area contributed by atoms with Gasteiger partial charge in [-0.25, -0.2) is 0 Å². The van der Waals surface area contributed by atoms with E-state index in [1.807, 2.05) is 37.3 Å². The van der Waals surface area contributed by atoms with Gasteiger partial charge in [-0.05, 0) is 35.4 Å². The second kappa shape index (κ2) is 7.34. The Morgan fingerprint density at radius 1 is 0.957 bits per heavy atom. The third-order valence-corrected chi connectivity index (χ3v) is 4.69. The Labute approximate surface area is 140 Å². The van der Waals surface area contributed by atoms with Crippen LogP contribution in [0.4, 0.5) is 5.69 Å². The average Bonchev–Trinajstić information content (AvgIpc) is 2.57. The highest BCUT2D eigenvalue weighted by molar-refractivity contribution is 7.99. The van der Waals surface area contributed by atoms with Gasteiger partial charge in [-0.3, -0.25) is 4.79 Å². The number of amides is 1. The van der Waals surface area contributed by atoms with Crippen LogP contribution in [-0.4, -0.2) is 11.7 Å². The van der Waals surface area contributed by atoms with Gasteiger partial charge in [-0.1, -0.05) is 60.2 Å². The number of anilines is 1. The van der Waals surface area contributed by atoms with Gasteiger partial charge in [0.15, 0.2) is 0 Å². The summed E-state index contributed by atoms with van der Waals surface area (Å²) in [5.74, 6) is 1.33. The number of aryl methyl sites for hydroxylation is 1. The van der Waals surface area contributed by atoms with E-state index < -0.39 is 0 Å². The molecule has 1 N–H and O–H groups in total. The van der Waals surface area contributed by atoms with Crippen LogP contribution in [0.2, 0.25) is 0 Å². The van der Waals surface area contributed by atoms with E-state index in [4.69, 9.17) is 0 Å². The number of fused-ring (bicyclic) bond motifs is 1. The van der Waals surface area contributed by atoms with Crippen LogP contribution in [0.25, 0.3) is 10.8 Å². The van der Waals surface area contributed by atoms with Gasteiger partial charge < -0.3 is 5.32 Å². The van der Waals surface area contributed by atoms with E-state index in [-0.39, 0.29) is 5.91 Å². The molecule has 0 atom stereocenters. The molecular weight excluding hydrogens is 302 g/mol. The number of hydrogen-bond acceptors (Lipinski definition) is 2. The molecule has 0 aliphatic rings. The Kier molecular flexibility index (Phi) is 4.99. The zero-order valence-corrected chi connectivity index (χ0v) is 13.9. The number of benzene rings is 3. The summed E-state index contributed by atoms with van der Waals surface area (Å²) in [5, 5.41) is 5.44. The van der Waals surface area contributed by atoms with Gasteiger partial charge in [-0.2, -0.15) is 0 Å². The largest absolute Gasteiger partial charge is 0.325 e. The van der Waals surface area contributed by atoms with E-state index in [0.29, 0.717) is 5.75 Å². The van der Waals surface area contributed by atoms with Gasteiger partial charge in [0.25, 0.3) is 0 Å². The van der Waals surface area contributed by atoms with Gasteiger partial charge in [0.1, 0.15) is 0 Å². The van der Waals surface area contributed by atoms with Crippen molar-refractivity contribution in [3.63, 3.8) is 0 Å². The third-order valence-electron chi connectivity index (χ3n) is 3.71. The minimum atomic E-state index is 0.0408. The summed E-state index contributed by atoms with van der Waals surface area (Å²) in [6.07, 6.45) is 0. The van der Waals surface area contributed by atoms with E-state index in [9.17, 15) is 4.79 Å². The highest BCUT2D eigenvalue weighted by Crippen LogP contribution is 2.22. The van der Waals surface area contributed by atoms with Crippen LogP contribution >= 0.6 is 11.8 Å². The van der Waals surface area contributed by atoms with Crippen LogP contribution < -0.4 is 5.32 Å². The van der Waals surface area contributed by atoms with E-state index >= 15 is 0 Å². The molecule has 0 aliphatic carbocycles. The summed E-state index contributed by atoms with van der Waals surface area (Å²) in [7, 11) is 0. The smallest absolute Gasteiger partial charge is 0.234 e. The van der Waals surface area contributed by atoms with Crippen molar-refractivity contribution in [3.05, 3.63) is 77.9 Å². The molecule has 1 amide bonds. The fourth-order valence-corrected chi connectivity index (χ4v) is 3.34.